The van der Waals surface area contributed by atoms with Crippen molar-refractivity contribution >= 4 is 46.8 Å². The largest absolute Gasteiger partial charge is 0.493 e. The molecule has 0 aliphatic carbocycles. The highest BCUT2D eigenvalue weighted by atomic mass is 16.7. The van der Waals surface area contributed by atoms with Crippen LogP contribution in [-0.4, -0.2) is 103 Å². The Hall–Kier alpha value is -6.59. The summed E-state index contributed by atoms with van der Waals surface area (Å²) in [4.78, 5) is 69.2. The third-order valence-electron chi connectivity index (χ3n) is 11.1. The molecular formula is C45H52N6O11. The summed E-state index contributed by atoms with van der Waals surface area (Å²) in [5.74, 6) is -0.766. The fourth-order valence-corrected chi connectivity index (χ4v) is 7.99. The maximum absolute atomic E-state index is 14.1. The Kier molecular flexibility index (Phi) is 13.6. The van der Waals surface area contributed by atoms with Crippen LogP contribution in [0.3, 0.4) is 0 Å². The Labute approximate surface area is 359 Å². The van der Waals surface area contributed by atoms with Gasteiger partial charge in [0, 0.05) is 63.4 Å². The summed E-state index contributed by atoms with van der Waals surface area (Å²) >= 11 is 0. The third-order valence-corrected chi connectivity index (χ3v) is 11.1. The number of aromatic nitrogens is 2. The Balaban J connectivity index is 0.986. The first-order valence-corrected chi connectivity index (χ1v) is 20.6. The first-order valence-electron chi connectivity index (χ1n) is 20.6. The monoisotopic (exact) mass is 852 g/mol. The number of anilines is 3. The molecule has 4 amide bonds. The molecule has 17 nitrogen and oxygen atoms in total. The molecule has 17 heteroatoms. The standard InChI is InChI=1S/C45H52N6O11/c1-6-19-61-45(56)51-34-25-38(37(57-4)24-32(34)42(54)50-18-9-11-33(50)43(51)62-40-13-7-8-20-60-40)59-21-10-12-39(52)46-30-16-14-28(15-17-30)29-22-35(48(2)26-29)41(53)47-31-23-36(44(55)58-5)49(3)27-31/h6,14-17,22-27,33,40,43H,1,7-13,18-21H2,2-5H3,(H,46,52)(H,47,53)/t33-,40?,43?/m0/s1. The van der Waals surface area contributed by atoms with E-state index in [1.54, 1.807) is 70.7 Å². The molecule has 0 spiro atoms. The lowest BCUT2D eigenvalue weighted by molar-refractivity contribution is -0.195. The molecule has 2 unspecified atom stereocenters. The van der Waals surface area contributed by atoms with Gasteiger partial charge in [-0.3, -0.25) is 14.4 Å². The van der Waals surface area contributed by atoms with Crippen LogP contribution in [-0.2, 0) is 37.8 Å². The lowest BCUT2D eigenvalue weighted by atomic mass is 10.1. The molecule has 3 aliphatic heterocycles. The normalized spacial score (nSPS) is 18.3. The van der Waals surface area contributed by atoms with Crippen molar-refractivity contribution in [1.82, 2.24) is 14.0 Å². The molecular weight excluding hydrogens is 801 g/mol. The van der Waals surface area contributed by atoms with Gasteiger partial charge in [-0.1, -0.05) is 24.8 Å². The minimum atomic E-state index is -0.885. The van der Waals surface area contributed by atoms with Crippen LogP contribution in [0.15, 0.2) is 73.6 Å². The van der Waals surface area contributed by atoms with Gasteiger partial charge in [0.15, 0.2) is 24.0 Å². The molecule has 328 valence electrons. The summed E-state index contributed by atoms with van der Waals surface area (Å²) in [7, 11) is 6.22. The van der Waals surface area contributed by atoms with E-state index in [4.69, 9.17) is 28.4 Å². The van der Waals surface area contributed by atoms with E-state index in [-0.39, 0.29) is 54.4 Å². The van der Waals surface area contributed by atoms with Crippen LogP contribution in [0, 0.1) is 0 Å². The van der Waals surface area contributed by atoms with Gasteiger partial charge in [0.25, 0.3) is 11.8 Å². The van der Waals surface area contributed by atoms with Crippen molar-refractivity contribution in [3.8, 4) is 22.6 Å². The summed E-state index contributed by atoms with van der Waals surface area (Å²) in [5.41, 5.74) is 3.90. The summed E-state index contributed by atoms with van der Waals surface area (Å²) < 4.78 is 37.9. The topological polar surface area (TPSA) is 181 Å². The van der Waals surface area contributed by atoms with E-state index in [1.165, 1.54) is 25.2 Å². The first kappa shape index (κ1) is 43.5. The van der Waals surface area contributed by atoms with Gasteiger partial charge in [-0.15, -0.1) is 0 Å². The number of ether oxygens (including phenoxy) is 6. The second kappa shape index (κ2) is 19.4. The smallest absolute Gasteiger partial charge is 0.416 e. The number of fused-ring (bicyclic) bond motifs is 2. The SMILES string of the molecule is C=CCOC(=O)N1c2cc(OCCCC(=O)Nc3ccc(-c4cc(C(=O)Nc5cc(C(=O)OC)n(C)c5)n(C)c4)cc3)c(OC)cc2C(=O)N2CCC[C@H]2C1OC1CCCCO1. The van der Waals surface area contributed by atoms with Crippen LogP contribution in [0.5, 0.6) is 11.5 Å². The van der Waals surface area contributed by atoms with Gasteiger partial charge < -0.3 is 53.1 Å². The quantitative estimate of drug-likeness (QED) is 0.0758. The Morgan fingerprint density at radius 1 is 0.887 bits per heavy atom. The highest BCUT2D eigenvalue weighted by Gasteiger charge is 2.48. The second-order valence-corrected chi connectivity index (χ2v) is 15.3. The zero-order chi connectivity index (χ0) is 43.9. The van der Waals surface area contributed by atoms with Gasteiger partial charge in [0.2, 0.25) is 5.91 Å². The number of esters is 1. The average Bonchev–Trinajstić information content (AvgIpc) is 4.01. The van der Waals surface area contributed by atoms with Crippen LogP contribution < -0.4 is 25.0 Å². The van der Waals surface area contributed by atoms with Crippen molar-refractivity contribution in [3.63, 3.8) is 0 Å². The summed E-state index contributed by atoms with van der Waals surface area (Å²) in [6.07, 6.45) is 7.15. The minimum Gasteiger partial charge on any atom is -0.493 e. The van der Waals surface area contributed by atoms with Crippen molar-refractivity contribution in [2.24, 2.45) is 14.1 Å². The van der Waals surface area contributed by atoms with Gasteiger partial charge in [-0.25, -0.2) is 14.5 Å². The zero-order valence-corrected chi connectivity index (χ0v) is 35.3. The number of hydrogen-bond donors (Lipinski definition) is 2. The number of methoxy groups -OCH3 is 2. The number of carbonyl (C=O) groups excluding carboxylic acids is 5. The molecule has 5 heterocycles. The molecule has 2 fully saturated rings. The van der Waals surface area contributed by atoms with E-state index >= 15 is 0 Å². The van der Waals surface area contributed by atoms with E-state index in [0.717, 1.165) is 30.4 Å². The molecule has 3 aliphatic rings. The average molecular weight is 853 g/mol. The second-order valence-electron chi connectivity index (χ2n) is 15.3. The molecule has 0 saturated carbocycles. The maximum atomic E-state index is 14.1. The van der Waals surface area contributed by atoms with Gasteiger partial charge in [0.05, 0.1) is 43.8 Å². The van der Waals surface area contributed by atoms with Crippen molar-refractivity contribution in [2.45, 2.75) is 63.5 Å². The molecule has 0 bridgehead atoms. The van der Waals surface area contributed by atoms with Gasteiger partial charge in [-0.05, 0) is 74.4 Å². The molecule has 4 aromatic rings. The van der Waals surface area contributed by atoms with Gasteiger partial charge in [0.1, 0.15) is 18.0 Å². The molecule has 2 aromatic carbocycles. The Morgan fingerprint density at radius 2 is 1.68 bits per heavy atom. The van der Waals surface area contributed by atoms with E-state index in [9.17, 15) is 24.0 Å². The Bertz CT molecular complexity index is 2310. The van der Waals surface area contributed by atoms with E-state index in [0.29, 0.717) is 60.9 Å². The van der Waals surface area contributed by atoms with Gasteiger partial charge in [-0.2, -0.15) is 0 Å². The lowest BCUT2D eigenvalue weighted by Crippen LogP contribution is -2.54. The van der Waals surface area contributed by atoms with Crippen LogP contribution in [0.4, 0.5) is 21.9 Å². The number of nitrogens with one attached hydrogen (secondary N) is 2. The van der Waals surface area contributed by atoms with E-state index in [1.807, 2.05) is 18.3 Å². The molecule has 0 radical (unpaired) electrons. The van der Waals surface area contributed by atoms with Crippen molar-refractivity contribution < 1.29 is 52.4 Å². The predicted octanol–water partition coefficient (Wildman–Crippen LogP) is 6.49. The molecule has 7 rings (SSSR count). The molecule has 2 aromatic heterocycles. The zero-order valence-electron chi connectivity index (χ0n) is 35.3. The van der Waals surface area contributed by atoms with E-state index < -0.39 is 30.6 Å². The van der Waals surface area contributed by atoms with Crippen LogP contribution >= 0.6 is 0 Å². The highest BCUT2D eigenvalue weighted by Crippen LogP contribution is 2.43. The Morgan fingerprint density at radius 3 is 2.40 bits per heavy atom. The van der Waals surface area contributed by atoms with Crippen molar-refractivity contribution in [2.75, 3.05) is 56.1 Å². The van der Waals surface area contributed by atoms with E-state index in [2.05, 4.69) is 17.2 Å². The number of hydrogen-bond acceptors (Lipinski definition) is 11. The third kappa shape index (κ3) is 9.48. The van der Waals surface area contributed by atoms with Crippen molar-refractivity contribution in [1.29, 1.82) is 0 Å². The lowest BCUT2D eigenvalue weighted by Gasteiger charge is -2.38. The minimum absolute atomic E-state index is 0.0435. The predicted molar refractivity (Wildman–Crippen MR) is 228 cm³/mol. The number of aryl methyl sites for hydroxylation is 2. The molecule has 2 saturated heterocycles. The number of nitrogens with zero attached hydrogens (tertiary/aromatic N) is 4. The summed E-state index contributed by atoms with van der Waals surface area (Å²) in [6.45, 7) is 4.81. The van der Waals surface area contributed by atoms with Gasteiger partial charge >= 0.3 is 12.1 Å². The summed E-state index contributed by atoms with van der Waals surface area (Å²) in [5, 5.41) is 5.74. The molecule has 62 heavy (non-hydrogen) atoms. The number of benzene rings is 2. The number of rotatable bonds is 15. The molecule has 2 N–H and O–H groups in total. The van der Waals surface area contributed by atoms with Crippen LogP contribution in [0.1, 0.15) is 76.3 Å². The number of amides is 4. The first-order chi connectivity index (χ1) is 30.0. The fourth-order valence-electron chi connectivity index (χ4n) is 7.99. The van der Waals surface area contributed by atoms with Crippen LogP contribution in [0.25, 0.3) is 11.1 Å². The maximum Gasteiger partial charge on any atom is 0.416 e. The van der Waals surface area contributed by atoms with Crippen molar-refractivity contribution in [3.05, 3.63) is 90.5 Å². The molecule has 3 atom stereocenters. The van der Waals surface area contributed by atoms with Crippen LogP contribution in [0.2, 0.25) is 0 Å². The summed E-state index contributed by atoms with van der Waals surface area (Å²) in [6, 6.07) is 13.3. The fraction of sp³-hybridized carbons (Fsp3) is 0.400. The number of carbonyl (C=O) groups is 5. The highest BCUT2D eigenvalue weighted by molar-refractivity contribution is 6.06.